The number of halogens is 2. The Morgan fingerprint density at radius 2 is 2.12 bits per heavy atom. The molecular weight excluding hydrogens is 243 g/mol. The number of hydrogen-bond donors (Lipinski definition) is 1. The molecule has 2 N–H and O–H groups in total. The molecule has 0 spiro atoms. The van der Waals surface area contributed by atoms with E-state index in [2.05, 4.69) is 4.90 Å². The first kappa shape index (κ1) is 12.8. The molecule has 1 aromatic carbocycles. The average Bonchev–Trinajstić information content (AvgIpc) is 2.35. The van der Waals surface area contributed by atoms with Crippen molar-refractivity contribution in [3.63, 3.8) is 0 Å². The van der Waals surface area contributed by atoms with E-state index in [1.807, 2.05) is 0 Å². The van der Waals surface area contributed by atoms with Crippen molar-refractivity contribution in [2.45, 2.75) is 6.04 Å². The maximum Gasteiger partial charge on any atom is 0.129 e. The van der Waals surface area contributed by atoms with Gasteiger partial charge in [-0.2, -0.15) is 0 Å². The highest BCUT2D eigenvalue weighted by atomic mass is 35.5. The van der Waals surface area contributed by atoms with Gasteiger partial charge in [0.05, 0.1) is 19.3 Å². The lowest BCUT2D eigenvalue weighted by Crippen LogP contribution is -2.42. The van der Waals surface area contributed by atoms with Crippen molar-refractivity contribution in [1.29, 1.82) is 0 Å². The molecular formula is C12H16ClFN2O. The summed E-state index contributed by atoms with van der Waals surface area (Å²) in [6, 6.07) is 4.55. The minimum absolute atomic E-state index is 0.174. The second-order valence-corrected chi connectivity index (χ2v) is 4.44. The fraction of sp³-hybridized carbons (Fsp3) is 0.500. The van der Waals surface area contributed by atoms with Gasteiger partial charge >= 0.3 is 0 Å². The van der Waals surface area contributed by atoms with Gasteiger partial charge in [-0.25, -0.2) is 4.39 Å². The summed E-state index contributed by atoms with van der Waals surface area (Å²) in [5.41, 5.74) is 6.26. The van der Waals surface area contributed by atoms with Gasteiger partial charge in [0.25, 0.3) is 0 Å². The number of ether oxygens (including phenoxy) is 1. The lowest BCUT2D eigenvalue weighted by atomic mass is 10.0. The molecule has 1 atom stereocenters. The van der Waals surface area contributed by atoms with E-state index in [1.54, 1.807) is 12.1 Å². The molecule has 0 unspecified atom stereocenters. The van der Waals surface area contributed by atoms with E-state index in [-0.39, 0.29) is 11.9 Å². The molecule has 1 aliphatic heterocycles. The summed E-state index contributed by atoms with van der Waals surface area (Å²) < 4.78 is 19.1. The molecule has 0 bridgehead atoms. The molecule has 1 aromatic rings. The molecule has 3 nitrogen and oxygen atoms in total. The summed E-state index contributed by atoms with van der Waals surface area (Å²) in [5, 5.41) is 0.437. The van der Waals surface area contributed by atoms with Crippen molar-refractivity contribution in [2.75, 3.05) is 32.8 Å². The van der Waals surface area contributed by atoms with Crippen LogP contribution in [0.15, 0.2) is 18.2 Å². The van der Waals surface area contributed by atoms with Gasteiger partial charge in [-0.15, -0.1) is 0 Å². The minimum Gasteiger partial charge on any atom is -0.379 e. The summed E-state index contributed by atoms with van der Waals surface area (Å²) in [4.78, 5) is 2.12. The fourth-order valence-electron chi connectivity index (χ4n) is 2.17. The van der Waals surface area contributed by atoms with Gasteiger partial charge in [-0.3, -0.25) is 4.90 Å². The summed E-state index contributed by atoms with van der Waals surface area (Å²) in [6.45, 7) is 3.17. The van der Waals surface area contributed by atoms with E-state index in [9.17, 15) is 4.39 Å². The van der Waals surface area contributed by atoms with Gasteiger partial charge < -0.3 is 10.5 Å². The van der Waals surface area contributed by atoms with Crippen molar-refractivity contribution in [1.82, 2.24) is 4.90 Å². The van der Waals surface area contributed by atoms with Crippen molar-refractivity contribution in [3.05, 3.63) is 34.6 Å². The number of rotatable bonds is 3. The molecule has 0 aliphatic carbocycles. The Balaban J connectivity index is 2.27. The largest absolute Gasteiger partial charge is 0.379 e. The molecule has 0 aromatic heterocycles. The first-order valence-electron chi connectivity index (χ1n) is 5.70. The van der Waals surface area contributed by atoms with Crippen LogP contribution >= 0.6 is 11.6 Å². The third-order valence-corrected chi connectivity index (χ3v) is 3.37. The standard InChI is InChI=1S/C12H16ClFN2O/c13-9-2-1-3-10(14)12(9)11(8-15)16-4-6-17-7-5-16/h1-3,11H,4-8,15H2/t11-/m1/s1. The van der Waals surface area contributed by atoms with Crippen LogP contribution in [-0.2, 0) is 4.74 Å². The zero-order valence-electron chi connectivity index (χ0n) is 9.53. The number of nitrogens with two attached hydrogens (primary N) is 1. The van der Waals surface area contributed by atoms with Gasteiger partial charge in [-0.05, 0) is 12.1 Å². The van der Waals surface area contributed by atoms with Crippen LogP contribution in [0, 0.1) is 5.82 Å². The Hall–Kier alpha value is -0.680. The molecule has 1 fully saturated rings. The second kappa shape index (κ2) is 5.78. The molecule has 0 saturated carbocycles. The lowest BCUT2D eigenvalue weighted by molar-refractivity contribution is 0.0172. The van der Waals surface area contributed by atoms with Crippen LogP contribution in [0.3, 0.4) is 0 Å². The summed E-state index contributed by atoms with van der Waals surface area (Å²) in [6.07, 6.45) is 0. The van der Waals surface area contributed by atoms with Crippen LogP contribution in [0.1, 0.15) is 11.6 Å². The molecule has 1 heterocycles. The monoisotopic (exact) mass is 258 g/mol. The van der Waals surface area contributed by atoms with Crippen molar-refractivity contribution >= 4 is 11.6 Å². The van der Waals surface area contributed by atoms with Gasteiger partial charge in [-0.1, -0.05) is 17.7 Å². The molecule has 2 rings (SSSR count). The molecule has 5 heteroatoms. The van der Waals surface area contributed by atoms with Crippen LogP contribution in [0.5, 0.6) is 0 Å². The molecule has 0 amide bonds. The normalized spacial score (nSPS) is 19.2. The average molecular weight is 259 g/mol. The highest BCUT2D eigenvalue weighted by molar-refractivity contribution is 6.31. The second-order valence-electron chi connectivity index (χ2n) is 4.04. The lowest BCUT2D eigenvalue weighted by Gasteiger charge is -2.34. The zero-order valence-corrected chi connectivity index (χ0v) is 10.3. The van der Waals surface area contributed by atoms with Gasteiger partial charge in [0.15, 0.2) is 0 Å². The van der Waals surface area contributed by atoms with E-state index < -0.39 is 0 Å². The van der Waals surface area contributed by atoms with Crippen LogP contribution in [0.2, 0.25) is 5.02 Å². The molecule has 0 radical (unpaired) electrons. The number of morpholine rings is 1. The Bertz CT molecular complexity index is 363. The predicted octanol–water partition coefficient (Wildman–Crippen LogP) is 1.81. The van der Waals surface area contributed by atoms with Crippen molar-refractivity contribution in [3.8, 4) is 0 Å². The third-order valence-electron chi connectivity index (χ3n) is 3.04. The highest BCUT2D eigenvalue weighted by Gasteiger charge is 2.25. The molecule has 1 aliphatic rings. The van der Waals surface area contributed by atoms with E-state index >= 15 is 0 Å². The molecule has 94 valence electrons. The fourth-order valence-corrected chi connectivity index (χ4v) is 2.46. The van der Waals surface area contributed by atoms with E-state index in [0.29, 0.717) is 30.3 Å². The van der Waals surface area contributed by atoms with Crippen LogP contribution in [0.4, 0.5) is 4.39 Å². The van der Waals surface area contributed by atoms with Crippen LogP contribution in [0.25, 0.3) is 0 Å². The van der Waals surface area contributed by atoms with Gasteiger partial charge in [0.1, 0.15) is 5.82 Å². The highest BCUT2D eigenvalue weighted by Crippen LogP contribution is 2.29. The van der Waals surface area contributed by atoms with Crippen molar-refractivity contribution < 1.29 is 9.13 Å². The first-order valence-corrected chi connectivity index (χ1v) is 6.07. The van der Waals surface area contributed by atoms with Gasteiger partial charge in [0.2, 0.25) is 0 Å². The smallest absolute Gasteiger partial charge is 0.129 e. The topological polar surface area (TPSA) is 38.5 Å². The minimum atomic E-state index is -0.292. The van der Waals surface area contributed by atoms with Crippen LogP contribution in [-0.4, -0.2) is 37.7 Å². The first-order chi connectivity index (χ1) is 8.24. The predicted molar refractivity (Wildman–Crippen MR) is 65.6 cm³/mol. The Morgan fingerprint density at radius 3 is 2.71 bits per heavy atom. The molecule has 17 heavy (non-hydrogen) atoms. The van der Waals surface area contributed by atoms with Gasteiger partial charge in [0, 0.05) is 30.2 Å². The number of hydrogen-bond acceptors (Lipinski definition) is 3. The Labute approximate surface area is 105 Å². The summed E-state index contributed by atoms with van der Waals surface area (Å²) in [5.74, 6) is -0.292. The SMILES string of the molecule is NC[C@H](c1c(F)cccc1Cl)N1CCOCC1. The maximum absolute atomic E-state index is 13.8. The summed E-state index contributed by atoms with van der Waals surface area (Å²) >= 11 is 6.07. The Kier molecular flexibility index (Phi) is 4.34. The quantitative estimate of drug-likeness (QED) is 0.899. The number of benzene rings is 1. The maximum atomic E-state index is 13.8. The van der Waals surface area contributed by atoms with E-state index in [1.165, 1.54) is 6.07 Å². The van der Waals surface area contributed by atoms with E-state index in [0.717, 1.165) is 13.1 Å². The third kappa shape index (κ3) is 2.77. The van der Waals surface area contributed by atoms with Crippen molar-refractivity contribution in [2.24, 2.45) is 5.73 Å². The zero-order chi connectivity index (χ0) is 12.3. The Morgan fingerprint density at radius 1 is 1.41 bits per heavy atom. The van der Waals surface area contributed by atoms with Crippen LogP contribution < -0.4 is 5.73 Å². The number of nitrogens with zero attached hydrogens (tertiary/aromatic N) is 1. The molecule has 1 saturated heterocycles. The van der Waals surface area contributed by atoms with E-state index in [4.69, 9.17) is 22.1 Å². The summed E-state index contributed by atoms with van der Waals surface area (Å²) in [7, 11) is 0.